The minimum atomic E-state index is 0.961. The van der Waals surface area contributed by atoms with Gasteiger partial charge in [0, 0.05) is 32.2 Å². The molecule has 0 bridgehead atoms. The molecule has 2 aromatic heterocycles. The van der Waals surface area contributed by atoms with Crippen LogP contribution in [0.1, 0.15) is 19.4 Å². The van der Waals surface area contributed by atoms with Gasteiger partial charge in [-0.1, -0.05) is 103 Å². The van der Waals surface area contributed by atoms with Gasteiger partial charge in [-0.2, -0.15) is 0 Å². The highest BCUT2D eigenvalue weighted by Crippen LogP contribution is 2.43. The van der Waals surface area contributed by atoms with Crippen molar-refractivity contribution in [3.8, 4) is 39.3 Å². The number of benzene rings is 5. The average Bonchev–Trinajstić information content (AvgIpc) is 3.62. The van der Waals surface area contributed by atoms with Crippen LogP contribution in [0.5, 0.6) is 0 Å². The Balaban J connectivity index is 1.60. The van der Waals surface area contributed by atoms with Crippen LogP contribution in [-0.4, -0.2) is 9.55 Å². The first-order chi connectivity index (χ1) is 19.7. The molecule has 0 saturated carbocycles. The van der Waals surface area contributed by atoms with Crippen molar-refractivity contribution in [1.82, 2.24) is 9.55 Å². The lowest BCUT2D eigenvalue weighted by Gasteiger charge is -2.19. The summed E-state index contributed by atoms with van der Waals surface area (Å²) < 4.78 is 3.65. The molecule has 0 atom stereocenters. The van der Waals surface area contributed by atoms with Gasteiger partial charge in [0.2, 0.25) is 0 Å². The Labute approximate surface area is 238 Å². The van der Waals surface area contributed by atoms with Gasteiger partial charge in [-0.25, -0.2) is 4.98 Å². The third-order valence-electron chi connectivity index (χ3n) is 7.69. The SMILES string of the molecule is C/C=C(/C)c1ccc2scc(-c3nc4ccccc4n3-c3c(-c4ccccc4)cccc3-c3ccccc3)c2c1. The first-order valence-electron chi connectivity index (χ1n) is 13.6. The number of nitrogens with zero attached hydrogens (tertiary/aromatic N) is 2. The van der Waals surface area contributed by atoms with E-state index in [9.17, 15) is 0 Å². The zero-order valence-corrected chi connectivity index (χ0v) is 23.3. The van der Waals surface area contributed by atoms with Crippen molar-refractivity contribution in [2.45, 2.75) is 13.8 Å². The maximum Gasteiger partial charge on any atom is 0.147 e. The quantitative estimate of drug-likeness (QED) is 0.216. The Morgan fingerprint density at radius 1 is 0.700 bits per heavy atom. The second kappa shape index (κ2) is 10.1. The van der Waals surface area contributed by atoms with Crippen molar-refractivity contribution < 1.29 is 0 Å². The fourth-order valence-electron chi connectivity index (χ4n) is 5.53. The lowest BCUT2D eigenvalue weighted by molar-refractivity contribution is 1.11. The molecule has 0 N–H and O–H groups in total. The van der Waals surface area contributed by atoms with Gasteiger partial charge in [0.1, 0.15) is 5.82 Å². The van der Waals surface area contributed by atoms with E-state index < -0.39 is 0 Å². The molecule has 0 unspecified atom stereocenters. The standard InChI is InChI=1S/C37H28N2S/c1-3-25(2)28-21-22-35-31(23-28)32(24-40-35)37-38-33-19-10-11-20-34(33)39(37)36-29(26-13-6-4-7-14-26)17-12-18-30(36)27-15-8-5-9-16-27/h3-24H,1-2H3/b25-3-. The third-order valence-corrected chi connectivity index (χ3v) is 8.66. The maximum absolute atomic E-state index is 5.30. The van der Waals surface area contributed by atoms with E-state index in [1.54, 1.807) is 11.3 Å². The first kappa shape index (κ1) is 24.3. The fraction of sp³-hybridized carbons (Fsp3) is 0.0541. The van der Waals surface area contributed by atoms with E-state index in [2.05, 4.69) is 151 Å². The van der Waals surface area contributed by atoms with E-state index in [0.717, 1.165) is 28.1 Å². The molecule has 2 heterocycles. The molecular weight excluding hydrogens is 504 g/mol. The average molecular weight is 533 g/mol. The number of aromatic nitrogens is 2. The monoisotopic (exact) mass is 532 g/mol. The summed E-state index contributed by atoms with van der Waals surface area (Å²) in [6.45, 7) is 4.27. The molecule has 0 aliphatic heterocycles. The van der Waals surface area contributed by atoms with E-state index in [1.807, 2.05) is 0 Å². The molecule has 7 aromatic rings. The van der Waals surface area contributed by atoms with Gasteiger partial charge >= 0.3 is 0 Å². The van der Waals surface area contributed by atoms with E-state index in [-0.39, 0.29) is 0 Å². The van der Waals surface area contributed by atoms with Crippen molar-refractivity contribution >= 4 is 38.0 Å². The molecule has 5 aromatic carbocycles. The van der Waals surface area contributed by atoms with Crippen molar-refractivity contribution in [3.63, 3.8) is 0 Å². The van der Waals surface area contributed by atoms with Crippen molar-refractivity contribution in [2.75, 3.05) is 0 Å². The van der Waals surface area contributed by atoms with E-state index in [1.165, 1.54) is 43.5 Å². The molecule has 0 aliphatic carbocycles. The van der Waals surface area contributed by atoms with Crippen LogP contribution in [0.25, 0.3) is 66.0 Å². The van der Waals surface area contributed by atoms with E-state index in [4.69, 9.17) is 4.98 Å². The lowest BCUT2D eigenvalue weighted by atomic mass is 9.95. The van der Waals surface area contributed by atoms with Gasteiger partial charge in [0.15, 0.2) is 0 Å². The highest BCUT2D eigenvalue weighted by Gasteiger charge is 2.22. The minimum Gasteiger partial charge on any atom is -0.291 e. The number of para-hydroxylation sites is 3. The molecule has 0 aliphatic rings. The van der Waals surface area contributed by atoms with Crippen LogP contribution in [0.15, 0.2) is 133 Å². The number of fused-ring (bicyclic) bond motifs is 2. The number of rotatable bonds is 5. The summed E-state index contributed by atoms with van der Waals surface area (Å²) in [5.41, 5.74) is 11.6. The summed E-state index contributed by atoms with van der Waals surface area (Å²) in [5.74, 6) is 0.961. The molecule has 2 nitrogen and oxygen atoms in total. The Kier molecular flexibility index (Phi) is 6.14. The number of hydrogen-bond acceptors (Lipinski definition) is 2. The molecule has 0 fully saturated rings. The number of hydrogen-bond donors (Lipinski definition) is 0. The van der Waals surface area contributed by atoms with Crippen LogP contribution in [0, 0.1) is 0 Å². The van der Waals surface area contributed by atoms with E-state index >= 15 is 0 Å². The van der Waals surface area contributed by atoms with E-state index in [0.29, 0.717) is 0 Å². The van der Waals surface area contributed by atoms with Gasteiger partial charge in [0.05, 0.1) is 16.7 Å². The largest absolute Gasteiger partial charge is 0.291 e. The first-order valence-corrected chi connectivity index (χ1v) is 14.5. The number of thiophene rings is 1. The van der Waals surface area contributed by atoms with Crippen LogP contribution in [-0.2, 0) is 0 Å². The molecule has 0 radical (unpaired) electrons. The summed E-state index contributed by atoms with van der Waals surface area (Å²) in [4.78, 5) is 5.30. The topological polar surface area (TPSA) is 17.8 Å². The van der Waals surface area contributed by atoms with Crippen LogP contribution in [0.3, 0.4) is 0 Å². The van der Waals surface area contributed by atoms with Crippen LogP contribution in [0.2, 0.25) is 0 Å². The van der Waals surface area contributed by atoms with Crippen molar-refractivity contribution in [1.29, 1.82) is 0 Å². The molecular formula is C37H28N2S. The van der Waals surface area contributed by atoms with Gasteiger partial charge in [0.25, 0.3) is 0 Å². The van der Waals surface area contributed by atoms with Gasteiger partial charge in [-0.3, -0.25) is 4.57 Å². The summed E-state index contributed by atoms with van der Waals surface area (Å²) in [6, 6.07) is 43.3. The smallest absolute Gasteiger partial charge is 0.147 e. The molecule has 0 amide bonds. The van der Waals surface area contributed by atoms with Gasteiger partial charge in [-0.15, -0.1) is 11.3 Å². The molecule has 3 heteroatoms. The summed E-state index contributed by atoms with van der Waals surface area (Å²) in [6.07, 6.45) is 2.17. The second-order valence-electron chi connectivity index (χ2n) is 10.0. The zero-order chi connectivity index (χ0) is 27.1. The predicted octanol–water partition coefficient (Wildman–Crippen LogP) is 10.7. The van der Waals surface area contributed by atoms with Crippen molar-refractivity contribution in [2.24, 2.45) is 0 Å². The third kappa shape index (κ3) is 4.07. The fourth-order valence-corrected chi connectivity index (χ4v) is 6.45. The highest BCUT2D eigenvalue weighted by atomic mass is 32.1. The normalized spacial score (nSPS) is 11.9. The van der Waals surface area contributed by atoms with Crippen LogP contribution < -0.4 is 0 Å². The predicted molar refractivity (Wildman–Crippen MR) is 172 cm³/mol. The molecule has 7 rings (SSSR count). The summed E-state index contributed by atoms with van der Waals surface area (Å²) in [5, 5.41) is 3.50. The van der Waals surface area contributed by atoms with Crippen LogP contribution in [0.4, 0.5) is 0 Å². The molecule has 0 spiro atoms. The van der Waals surface area contributed by atoms with Crippen molar-refractivity contribution in [3.05, 3.63) is 138 Å². The van der Waals surface area contributed by atoms with Gasteiger partial charge < -0.3 is 0 Å². The minimum absolute atomic E-state index is 0.961. The molecule has 40 heavy (non-hydrogen) atoms. The Hall–Kier alpha value is -4.73. The molecule has 0 saturated heterocycles. The zero-order valence-electron chi connectivity index (χ0n) is 22.5. The summed E-state index contributed by atoms with van der Waals surface area (Å²) >= 11 is 1.78. The lowest BCUT2D eigenvalue weighted by Crippen LogP contribution is -2.03. The summed E-state index contributed by atoms with van der Waals surface area (Å²) in [7, 11) is 0. The number of imidazole rings is 1. The highest BCUT2D eigenvalue weighted by molar-refractivity contribution is 7.17. The maximum atomic E-state index is 5.30. The van der Waals surface area contributed by atoms with Gasteiger partial charge in [-0.05, 0) is 60.4 Å². The molecule has 192 valence electrons. The number of allylic oxidation sites excluding steroid dienone is 2. The Bertz CT molecular complexity index is 1950. The van der Waals surface area contributed by atoms with Crippen LogP contribution >= 0.6 is 11.3 Å². The Morgan fingerprint density at radius 2 is 1.35 bits per heavy atom. The Morgan fingerprint density at radius 3 is 2.02 bits per heavy atom. The second-order valence-corrected chi connectivity index (χ2v) is 10.9.